The van der Waals surface area contributed by atoms with Gasteiger partial charge in [-0.05, 0) is 48.0 Å². The van der Waals surface area contributed by atoms with Crippen molar-refractivity contribution in [2.24, 2.45) is 0 Å². The van der Waals surface area contributed by atoms with Gasteiger partial charge in [-0.3, -0.25) is 0 Å². The zero-order chi connectivity index (χ0) is 32.1. The van der Waals surface area contributed by atoms with Gasteiger partial charge in [-0.15, -0.1) is 0 Å². The fourth-order valence-corrected chi connectivity index (χ4v) is 4.39. The van der Waals surface area contributed by atoms with Gasteiger partial charge in [0.15, 0.2) is 24.1 Å². The Bertz CT molecular complexity index is 1320. The second kappa shape index (κ2) is 14.3. The molecule has 44 heavy (non-hydrogen) atoms. The molecule has 0 amide bonds. The Labute approximate surface area is 249 Å². The number of carbonyl (C=O) groups excluding carboxylic acids is 2. The van der Waals surface area contributed by atoms with E-state index in [1.54, 1.807) is 0 Å². The SMILES string of the molecule is O=C(/C=C/c1ccc(O)c(O)c1)OC[C@H]1O[C@H](O)[C@H](O[C@@H]2O[C@H](COC(=O)c3ccc(O)cc3)[C@@H](O)[C@H](O)[C@H]2O)[C@@H](O)[C@@H]1O. The molecular weight excluding hydrogens is 592 g/mol. The van der Waals surface area contributed by atoms with Crippen LogP contribution in [0.5, 0.6) is 17.2 Å². The highest BCUT2D eigenvalue weighted by molar-refractivity contribution is 5.89. The standard InChI is InChI=1S/C28H32O16/c29-14-5-3-13(4-6-14)26(38)41-11-18-20(33)22(35)24(37)28(43-18)44-25-23(36)21(34)17(42-27(25)39)10-40-19(32)8-2-12-1-7-15(30)16(31)9-12/h1-9,17-18,20-25,27-31,33-37,39H,10-11H2/b8-2+/t17-,18-,20-,21-,22+,23+,24-,25-,27+,28+/m1/s1. The van der Waals surface area contributed by atoms with Crippen LogP contribution in [0.25, 0.3) is 6.08 Å². The van der Waals surface area contributed by atoms with Crippen molar-refractivity contribution in [1.82, 2.24) is 0 Å². The topological polar surface area (TPSA) is 262 Å². The van der Waals surface area contributed by atoms with E-state index in [4.69, 9.17) is 23.7 Å². The minimum Gasteiger partial charge on any atom is -0.508 e. The Hall–Kier alpha value is -3.84. The zero-order valence-electron chi connectivity index (χ0n) is 22.8. The molecule has 4 rings (SSSR count). The van der Waals surface area contributed by atoms with Crippen molar-refractivity contribution in [3.63, 3.8) is 0 Å². The van der Waals surface area contributed by atoms with Crippen LogP contribution >= 0.6 is 0 Å². The van der Waals surface area contributed by atoms with Gasteiger partial charge in [0.25, 0.3) is 0 Å². The van der Waals surface area contributed by atoms with E-state index in [0.29, 0.717) is 5.56 Å². The third-order valence-electron chi connectivity index (χ3n) is 6.91. The van der Waals surface area contributed by atoms with Gasteiger partial charge in [-0.2, -0.15) is 0 Å². The number of benzene rings is 2. The zero-order valence-corrected chi connectivity index (χ0v) is 22.8. The van der Waals surface area contributed by atoms with Crippen molar-refractivity contribution < 1.29 is 79.2 Å². The van der Waals surface area contributed by atoms with Crippen molar-refractivity contribution >= 4 is 18.0 Å². The highest BCUT2D eigenvalue weighted by atomic mass is 16.7. The van der Waals surface area contributed by atoms with E-state index in [9.17, 15) is 55.5 Å². The molecule has 9 N–H and O–H groups in total. The number of aromatic hydroxyl groups is 3. The van der Waals surface area contributed by atoms with E-state index in [0.717, 1.165) is 6.08 Å². The lowest BCUT2D eigenvalue weighted by Gasteiger charge is -2.45. The van der Waals surface area contributed by atoms with E-state index in [1.807, 2.05) is 0 Å². The molecule has 0 saturated carbocycles. The second-order valence-corrected chi connectivity index (χ2v) is 10.0. The normalized spacial score (nSPS) is 32.3. The fraction of sp³-hybridized carbons (Fsp3) is 0.429. The first-order valence-corrected chi connectivity index (χ1v) is 13.2. The largest absolute Gasteiger partial charge is 0.508 e. The fourth-order valence-electron chi connectivity index (χ4n) is 4.39. The average molecular weight is 625 g/mol. The van der Waals surface area contributed by atoms with Crippen LogP contribution in [0, 0.1) is 0 Å². The summed E-state index contributed by atoms with van der Waals surface area (Å²) in [6.45, 7) is -1.23. The Morgan fingerprint density at radius 2 is 1.36 bits per heavy atom. The van der Waals surface area contributed by atoms with E-state index < -0.39 is 92.3 Å². The molecule has 2 aliphatic heterocycles. The second-order valence-electron chi connectivity index (χ2n) is 10.0. The summed E-state index contributed by atoms with van der Waals surface area (Å²) < 4.78 is 26.2. The number of hydrogen-bond donors (Lipinski definition) is 9. The first kappa shape index (κ1) is 33.1. The molecule has 16 nitrogen and oxygen atoms in total. The van der Waals surface area contributed by atoms with Crippen molar-refractivity contribution in [1.29, 1.82) is 0 Å². The smallest absolute Gasteiger partial charge is 0.338 e. The molecule has 0 unspecified atom stereocenters. The maximum absolute atomic E-state index is 12.3. The van der Waals surface area contributed by atoms with Gasteiger partial charge in [-0.1, -0.05) is 6.07 Å². The van der Waals surface area contributed by atoms with Gasteiger partial charge in [0.2, 0.25) is 0 Å². The van der Waals surface area contributed by atoms with Crippen molar-refractivity contribution in [3.8, 4) is 17.2 Å². The number of carbonyl (C=O) groups is 2. The van der Waals surface area contributed by atoms with Crippen LogP contribution in [0.15, 0.2) is 48.5 Å². The van der Waals surface area contributed by atoms with Gasteiger partial charge in [0, 0.05) is 6.08 Å². The van der Waals surface area contributed by atoms with Gasteiger partial charge < -0.3 is 69.6 Å². The summed E-state index contributed by atoms with van der Waals surface area (Å²) in [7, 11) is 0. The van der Waals surface area contributed by atoms with Gasteiger partial charge in [0.1, 0.15) is 67.8 Å². The molecule has 0 aromatic heterocycles. The van der Waals surface area contributed by atoms with Gasteiger partial charge in [-0.25, -0.2) is 9.59 Å². The summed E-state index contributed by atoms with van der Waals surface area (Å²) in [5.74, 6) is -2.59. The average Bonchev–Trinajstić information content (AvgIpc) is 3.00. The monoisotopic (exact) mass is 624 g/mol. The van der Waals surface area contributed by atoms with Crippen LogP contribution in [0.1, 0.15) is 15.9 Å². The maximum Gasteiger partial charge on any atom is 0.338 e. The predicted molar refractivity (Wildman–Crippen MR) is 143 cm³/mol. The lowest BCUT2D eigenvalue weighted by atomic mass is 9.97. The summed E-state index contributed by atoms with van der Waals surface area (Å²) >= 11 is 0. The van der Waals surface area contributed by atoms with Crippen molar-refractivity contribution in [2.45, 2.75) is 61.4 Å². The lowest BCUT2D eigenvalue weighted by molar-refractivity contribution is -0.361. The molecule has 0 radical (unpaired) electrons. The molecule has 0 bridgehead atoms. The summed E-state index contributed by atoms with van der Waals surface area (Å²) in [6, 6.07) is 8.89. The number of rotatable bonds is 9. The molecule has 2 saturated heterocycles. The highest BCUT2D eigenvalue weighted by Crippen LogP contribution is 2.29. The summed E-state index contributed by atoms with van der Waals surface area (Å²) in [5, 5.41) is 90.8. The minimum atomic E-state index is -1.96. The molecule has 240 valence electrons. The quantitative estimate of drug-likeness (QED) is 0.0818. The van der Waals surface area contributed by atoms with E-state index in [-0.39, 0.29) is 17.1 Å². The summed E-state index contributed by atoms with van der Waals surface area (Å²) in [5.41, 5.74) is 0.425. The minimum absolute atomic E-state index is 0.0648. The Morgan fingerprint density at radius 1 is 0.727 bits per heavy atom. The van der Waals surface area contributed by atoms with Crippen LogP contribution in [0.2, 0.25) is 0 Å². The third kappa shape index (κ3) is 7.81. The Kier molecular flexibility index (Phi) is 10.7. The molecule has 2 aromatic rings. The molecular formula is C28H32O16. The van der Waals surface area contributed by atoms with Crippen molar-refractivity contribution in [3.05, 3.63) is 59.7 Å². The molecule has 2 aromatic carbocycles. The van der Waals surface area contributed by atoms with Crippen LogP contribution in [-0.4, -0.2) is 133 Å². The molecule has 2 fully saturated rings. The molecule has 10 atom stereocenters. The maximum atomic E-state index is 12.3. The van der Waals surface area contributed by atoms with Crippen LogP contribution in [0.4, 0.5) is 0 Å². The first-order valence-electron chi connectivity index (χ1n) is 13.2. The van der Waals surface area contributed by atoms with Crippen LogP contribution in [0.3, 0.4) is 0 Å². The molecule has 0 aliphatic carbocycles. The van der Waals surface area contributed by atoms with Gasteiger partial charge >= 0.3 is 11.9 Å². The highest BCUT2D eigenvalue weighted by Gasteiger charge is 2.50. The number of hydrogen-bond acceptors (Lipinski definition) is 16. The third-order valence-corrected chi connectivity index (χ3v) is 6.91. The number of phenols is 3. The van der Waals surface area contributed by atoms with Crippen LogP contribution < -0.4 is 0 Å². The van der Waals surface area contributed by atoms with Crippen LogP contribution in [-0.2, 0) is 28.5 Å². The Balaban J connectivity index is 1.31. The Morgan fingerprint density at radius 3 is 2.05 bits per heavy atom. The van der Waals surface area contributed by atoms with E-state index >= 15 is 0 Å². The van der Waals surface area contributed by atoms with E-state index in [2.05, 4.69) is 0 Å². The van der Waals surface area contributed by atoms with Gasteiger partial charge in [0.05, 0.1) is 5.56 Å². The predicted octanol–water partition coefficient (Wildman–Crippen LogP) is -2.15. The number of aliphatic hydroxyl groups is 6. The lowest BCUT2D eigenvalue weighted by Crippen LogP contribution is -2.64. The molecule has 2 aliphatic rings. The molecule has 16 heteroatoms. The van der Waals surface area contributed by atoms with Crippen molar-refractivity contribution in [2.75, 3.05) is 13.2 Å². The number of aliphatic hydroxyl groups excluding tert-OH is 6. The number of phenolic OH excluding ortho intramolecular Hbond substituents is 3. The molecule has 0 spiro atoms. The van der Waals surface area contributed by atoms with E-state index in [1.165, 1.54) is 48.5 Å². The molecule has 2 heterocycles. The number of ether oxygens (including phenoxy) is 5. The first-order chi connectivity index (χ1) is 20.8. The summed E-state index contributed by atoms with van der Waals surface area (Å²) in [6.07, 6.45) is -15.3. The number of esters is 2. The summed E-state index contributed by atoms with van der Waals surface area (Å²) in [4.78, 5) is 24.4.